The standard InChI is InChI=1S/C15H16Cl2N2O/c1-9(2)20-14-5-11(7-19-8-14)15(18)10-3-12(16)6-13(17)4-10/h3-9,15H,18H2,1-2H3. The van der Waals surface area contributed by atoms with Crippen LogP contribution >= 0.6 is 23.2 Å². The zero-order chi connectivity index (χ0) is 14.7. The molecule has 1 heterocycles. The Bertz CT molecular complexity index is 582. The van der Waals surface area contributed by atoms with Crippen LogP contribution in [0.1, 0.15) is 31.0 Å². The molecule has 0 radical (unpaired) electrons. The van der Waals surface area contributed by atoms with Crippen molar-refractivity contribution in [3.05, 3.63) is 57.8 Å². The maximum Gasteiger partial charge on any atom is 0.138 e. The number of hydrogen-bond donors (Lipinski definition) is 1. The summed E-state index contributed by atoms with van der Waals surface area (Å²) in [5.74, 6) is 0.695. The molecule has 0 fully saturated rings. The summed E-state index contributed by atoms with van der Waals surface area (Å²) in [4.78, 5) is 4.16. The van der Waals surface area contributed by atoms with Gasteiger partial charge < -0.3 is 10.5 Å². The highest BCUT2D eigenvalue weighted by Gasteiger charge is 2.12. The van der Waals surface area contributed by atoms with Crippen molar-refractivity contribution in [3.63, 3.8) is 0 Å². The molecule has 106 valence electrons. The monoisotopic (exact) mass is 310 g/mol. The third-order valence-electron chi connectivity index (χ3n) is 2.71. The Hall–Kier alpha value is -1.29. The summed E-state index contributed by atoms with van der Waals surface area (Å²) in [6.07, 6.45) is 3.47. The first kappa shape index (κ1) is 15.1. The second kappa shape index (κ2) is 6.44. The topological polar surface area (TPSA) is 48.1 Å². The lowest BCUT2D eigenvalue weighted by Crippen LogP contribution is -2.13. The van der Waals surface area contributed by atoms with Crippen LogP contribution in [0.2, 0.25) is 10.0 Å². The lowest BCUT2D eigenvalue weighted by Gasteiger charge is -2.15. The first-order valence-corrected chi connectivity index (χ1v) is 7.04. The van der Waals surface area contributed by atoms with Crippen LogP contribution in [0.25, 0.3) is 0 Å². The highest BCUT2D eigenvalue weighted by molar-refractivity contribution is 6.34. The molecule has 2 N–H and O–H groups in total. The molecular weight excluding hydrogens is 295 g/mol. The average molecular weight is 311 g/mol. The Morgan fingerprint density at radius 1 is 1.00 bits per heavy atom. The van der Waals surface area contributed by atoms with E-state index in [1.807, 2.05) is 19.9 Å². The third kappa shape index (κ3) is 3.85. The largest absolute Gasteiger partial charge is 0.489 e. The summed E-state index contributed by atoms with van der Waals surface area (Å²) in [6.45, 7) is 3.92. The van der Waals surface area contributed by atoms with Gasteiger partial charge in [0.25, 0.3) is 0 Å². The van der Waals surface area contributed by atoms with Crippen LogP contribution < -0.4 is 10.5 Å². The van der Waals surface area contributed by atoms with Gasteiger partial charge in [-0.25, -0.2) is 0 Å². The van der Waals surface area contributed by atoms with E-state index in [9.17, 15) is 0 Å². The lowest BCUT2D eigenvalue weighted by atomic mass is 10.0. The molecule has 1 atom stereocenters. The molecule has 0 bridgehead atoms. The molecule has 0 saturated carbocycles. The van der Waals surface area contributed by atoms with Crippen LogP contribution in [0.4, 0.5) is 0 Å². The summed E-state index contributed by atoms with van der Waals surface area (Å²) in [6, 6.07) is 6.80. The van der Waals surface area contributed by atoms with Crippen molar-refractivity contribution in [2.75, 3.05) is 0 Å². The van der Waals surface area contributed by atoms with Crippen molar-refractivity contribution in [3.8, 4) is 5.75 Å². The van der Waals surface area contributed by atoms with Gasteiger partial charge in [0.1, 0.15) is 5.75 Å². The van der Waals surface area contributed by atoms with E-state index in [0.717, 1.165) is 11.1 Å². The molecule has 0 saturated heterocycles. The van der Waals surface area contributed by atoms with Crippen molar-refractivity contribution in [2.45, 2.75) is 26.0 Å². The van der Waals surface area contributed by atoms with E-state index in [2.05, 4.69) is 4.98 Å². The Morgan fingerprint density at radius 3 is 2.25 bits per heavy atom. The molecular formula is C15H16Cl2N2O. The quantitative estimate of drug-likeness (QED) is 0.919. The van der Waals surface area contributed by atoms with Crippen molar-refractivity contribution >= 4 is 23.2 Å². The van der Waals surface area contributed by atoms with Gasteiger partial charge in [0.05, 0.1) is 18.3 Å². The van der Waals surface area contributed by atoms with E-state index >= 15 is 0 Å². The summed E-state index contributed by atoms with van der Waals surface area (Å²) in [5.41, 5.74) is 7.93. The van der Waals surface area contributed by atoms with Crippen LogP contribution in [0.3, 0.4) is 0 Å². The second-order valence-corrected chi connectivity index (χ2v) is 5.67. The van der Waals surface area contributed by atoms with Gasteiger partial charge >= 0.3 is 0 Å². The molecule has 5 heteroatoms. The van der Waals surface area contributed by atoms with E-state index in [1.165, 1.54) is 0 Å². The molecule has 20 heavy (non-hydrogen) atoms. The minimum Gasteiger partial charge on any atom is -0.489 e. The van der Waals surface area contributed by atoms with Crippen LogP contribution in [-0.4, -0.2) is 11.1 Å². The van der Waals surface area contributed by atoms with Crippen molar-refractivity contribution < 1.29 is 4.74 Å². The van der Waals surface area contributed by atoms with E-state index in [0.29, 0.717) is 15.8 Å². The fourth-order valence-electron chi connectivity index (χ4n) is 1.89. The number of nitrogens with zero attached hydrogens (tertiary/aromatic N) is 1. The first-order chi connectivity index (χ1) is 9.45. The Balaban J connectivity index is 2.30. The van der Waals surface area contributed by atoms with E-state index in [-0.39, 0.29) is 12.1 Å². The minimum atomic E-state index is -0.352. The first-order valence-electron chi connectivity index (χ1n) is 6.29. The lowest BCUT2D eigenvalue weighted by molar-refractivity contribution is 0.241. The molecule has 3 nitrogen and oxygen atoms in total. The Kier molecular flexibility index (Phi) is 4.86. The van der Waals surface area contributed by atoms with Crippen LogP contribution in [0.15, 0.2) is 36.7 Å². The highest BCUT2D eigenvalue weighted by Crippen LogP contribution is 2.27. The summed E-state index contributed by atoms with van der Waals surface area (Å²) < 4.78 is 5.62. The van der Waals surface area contributed by atoms with Crippen LogP contribution in [0.5, 0.6) is 5.75 Å². The van der Waals surface area contributed by atoms with Crippen molar-refractivity contribution in [1.29, 1.82) is 0 Å². The van der Waals surface area contributed by atoms with Crippen LogP contribution in [0, 0.1) is 0 Å². The number of pyridine rings is 1. The fraction of sp³-hybridized carbons (Fsp3) is 0.267. The molecule has 0 spiro atoms. The molecule has 0 aliphatic heterocycles. The van der Waals surface area contributed by atoms with Crippen molar-refractivity contribution in [2.24, 2.45) is 5.73 Å². The average Bonchev–Trinajstić information content (AvgIpc) is 2.36. The van der Waals surface area contributed by atoms with E-state index in [4.69, 9.17) is 33.7 Å². The smallest absolute Gasteiger partial charge is 0.138 e. The number of ether oxygens (including phenoxy) is 1. The molecule has 1 unspecified atom stereocenters. The number of aromatic nitrogens is 1. The molecule has 0 aliphatic rings. The number of hydrogen-bond acceptors (Lipinski definition) is 3. The highest BCUT2D eigenvalue weighted by atomic mass is 35.5. The normalized spacial score (nSPS) is 12.5. The van der Waals surface area contributed by atoms with E-state index in [1.54, 1.807) is 30.6 Å². The summed E-state index contributed by atoms with van der Waals surface area (Å²) >= 11 is 12.0. The van der Waals surface area contributed by atoms with Gasteiger partial charge in [0.15, 0.2) is 0 Å². The Labute approximate surface area is 128 Å². The van der Waals surface area contributed by atoms with Crippen molar-refractivity contribution in [1.82, 2.24) is 4.98 Å². The van der Waals surface area contributed by atoms with Crippen LogP contribution in [-0.2, 0) is 0 Å². The van der Waals surface area contributed by atoms with Gasteiger partial charge in [-0.1, -0.05) is 23.2 Å². The Morgan fingerprint density at radius 2 is 1.65 bits per heavy atom. The molecule has 1 aromatic carbocycles. The summed E-state index contributed by atoms with van der Waals surface area (Å²) in [5, 5.41) is 1.12. The summed E-state index contributed by atoms with van der Waals surface area (Å²) in [7, 11) is 0. The fourth-order valence-corrected chi connectivity index (χ4v) is 2.43. The third-order valence-corrected chi connectivity index (χ3v) is 3.15. The minimum absolute atomic E-state index is 0.0869. The molecule has 2 aromatic rings. The predicted octanol–water partition coefficient (Wildman–Crippen LogP) is 4.22. The van der Waals surface area contributed by atoms with Gasteiger partial charge in [0, 0.05) is 16.2 Å². The maximum absolute atomic E-state index is 6.24. The zero-order valence-corrected chi connectivity index (χ0v) is 12.8. The zero-order valence-electron chi connectivity index (χ0n) is 11.3. The van der Waals surface area contributed by atoms with Gasteiger partial charge in [0.2, 0.25) is 0 Å². The number of benzene rings is 1. The van der Waals surface area contributed by atoms with Gasteiger partial charge in [-0.05, 0) is 49.2 Å². The number of rotatable bonds is 4. The molecule has 1 aromatic heterocycles. The van der Waals surface area contributed by atoms with E-state index < -0.39 is 0 Å². The molecule has 0 aliphatic carbocycles. The maximum atomic E-state index is 6.24. The second-order valence-electron chi connectivity index (χ2n) is 4.80. The molecule has 2 rings (SSSR count). The van der Waals surface area contributed by atoms with Gasteiger partial charge in [-0.2, -0.15) is 0 Å². The SMILES string of the molecule is CC(C)Oc1cncc(C(N)c2cc(Cl)cc(Cl)c2)c1. The van der Waals surface area contributed by atoms with Gasteiger partial charge in [-0.15, -0.1) is 0 Å². The molecule has 0 amide bonds. The number of nitrogens with two attached hydrogens (primary N) is 1. The van der Waals surface area contributed by atoms with Gasteiger partial charge in [-0.3, -0.25) is 4.98 Å². The predicted molar refractivity (Wildman–Crippen MR) is 82.5 cm³/mol. The number of halogens is 2.